The molecule has 0 spiro atoms. The lowest BCUT2D eigenvalue weighted by atomic mass is 9.89. The number of rotatable bonds is 5. The SMILES string of the molecule is C[C@H]1CCC[C@@H](OCC(=O)NCc2ccccc2O)C1. The van der Waals surface area contributed by atoms with Crippen LogP contribution < -0.4 is 5.32 Å². The Morgan fingerprint density at radius 1 is 1.40 bits per heavy atom. The fourth-order valence-corrected chi connectivity index (χ4v) is 2.63. The van der Waals surface area contributed by atoms with Gasteiger partial charge in [0, 0.05) is 12.1 Å². The molecule has 1 fully saturated rings. The van der Waals surface area contributed by atoms with Crippen LogP contribution in [-0.4, -0.2) is 23.7 Å². The monoisotopic (exact) mass is 277 g/mol. The molecule has 20 heavy (non-hydrogen) atoms. The molecule has 1 aliphatic rings. The first-order chi connectivity index (χ1) is 9.65. The van der Waals surface area contributed by atoms with Gasteiger partial charge < -0.3 is 15.2 Å². The number of amides is 1. The van der Waals surface area contributed by atoms with Crippen molar-refractivity contribution in [2.75, 3.05) is 6.61 Å². The number of carbonyl (C=O) groups is 1. The molecule has 1 saturated carbocycles. The number of phenols is 1. The van der Waals surface area contributed by atoms with Crippen LogP contribution in [0.5, 0.6) is 5.75 Å². The Bertz CT molecular complexity index is 447. The van der Waals surface area contributed by atoms with Crippen LogP contribution >= 0.6 is 0 Å². The van der Waals surface area contributed by atoms with E-state index in [0.717, 1.165) is 12.8 Å². The molecule has 4 nitrogen and oxygen atoms in total. The van der Waals surface area contributed by atoms with Crippen molar-refractivity contribution in [3.8, 4) is 5.75 Å². The second-order valence-electron chi connectivity index (χ2n) is 5.61. The van der Waals surface area contributed by atoms with Gasteiger partial charge in [-0.25, -0.2) is 0 Å². The minimum atomic E-state index is -0.133. The van der Waals surface area contributed by atoms with Crippen molar-refractivity contribution in [3.63, 3.8) is 0 Å². The molecule has 0 saturated heterocycles. The molecule has 2 rings (SSSR count). The summed E-state index contributed by atoms with van der Waals surface area (Å²) in [5.74, 6) is 0.763. The van der Waals surface area contributed by atoms with Gasteiger partial charge in [-0.3, -0.25) is 4.79 Å². The highest BCUT2D eigenvalue weighted by Crippen LogP contribution is 2.25. The van der Waals surface area contributed by atoms with Crippen LogP contribution in [0.15, 0.2) is 24.3 Å². The summed E-state index contributed by atoms with van der Waals surface area (Å²) in [5, 5.41) is 12.4. The number of phenolic OH excluding ortho intramolecular Hbond substituents is 1. The smallest absolute Gasteiger partial charge is 0.246 e. The normalized spacial score (nSPS) is 22.4. The zero-order valence-electron chi connectivity index (χ0n) is 12.0. The van der Waals surface area contributed by atoms with Gasteiger partial charge in [0.1, 0.15) is 12.4 Å². The lowest BCUT2D eigenvalue weighted by Crippen LogP contribution is -2.31. The van der Waals surface area contributed by atoms with Crippen LogP contribution in [0.25, 0.3) is 0 Å². The number of aromatic hydroxyl groups is 1. The van der Waals surface area contributed by atoms with Gasteiger partial charge in [-0.05, 0) is 24.8 Å². The second kappa shape index (κ2) is 7.29. The summed E-state index contributed by atoms with van der Waals surface area (Å²) in [7, 11) is 0. The van der Waals surface area contributed by atoms with E-state index in [-0.39, 0.29) is 24.4 Å². The van der Waals surface area contributed by atoms with Crippen molar-refractivity contribution in [1.29, 1.82) is 0 Å². The molecule has 0 unspecified atom stereocenters. The molecule has 1 amide bonds. The summed E-state index contributed by atoms with van der Waals surface area (Å²) < 4.78 is 5.66. The first-order valence-electron chi connectivity index (χ1n) is 7.30. The predicted octanol–water partition coefficient (Wildman–Crippen LogP) is 2.60. The molecular weight excluding hydrogens is 254 g/mol. The number of hydrogen-bond acceptors (Lipinski definition) is 3. The van der Waals surface area contributed by atoms with Gasteiger partial charge in [0.05, 0.1) is 6.10 Å². The van der Waals surface area contributed by atoms with Gasteiger partial charge >= 0.3 is 0 Å². The van der Waals surface area contributed by atoms with Gasteiger partial charge in [0.2, 0.25) is 5.91 Å². The summed E-state index contributed by atoms with van der Waals surface area (Å²) in [4.78, 5) is 11.7. The fourth-order valence-electron chi connectivity index (χ4n) is 2.63. The lowest BCUT2D eigenvalue weighted by Gasteiger charge is -2.26. The van der Waals surface area contributed by atoms with Crippen LogP contribution in [0.1, 0.15) is 38.2 Å². The topological polar surface area (TPSA) is 58.6 Å². The first-order valence-corrected chi connectivity index (χ1v) is 7.30. The molecule has 1 aromatic carbocycles. The van der Waals surface area contributed by atoms with E-state index >= 15 is 0 Å². The summed E-state index contributed by atoms with van der Waals surface area (Å²) in [6.07, 6.45) is 4.77. The molecule has 2 atom stereocenters. The Morgan fingerprint density at radius 2 is 2.20 bits per heavy atom. The van der Waals surface area contributed by atoms with Crippen LogP contribution in [-0.2, 0) is 16.1 Å². The number of benzene rings is 1. The van der Waals surface area contributed by atoms with Crippen molar-refractivity contribution in [2.24, 2.45) is 5.92 Å². The molecule has 2 N–H and O–H groups in total. The zero-order valence-corrected chi connectivity index (χ0v) is 12.0. The average molecular weight is 277 g/mol. The van der Waals surface area contributed by atoms with Gasteiger partial charge in [-0.15, -0.1) is 0 Å². The van der Waals surface area contributed by atoms with Crippen LogP contribution in [0.4, 0.5) is 0 Å². The van der Waals surface area contributed by atoms with E-state index in [1.165, 1.54) is 12.8 Å². The van der Waals surface area contributed by atoms with E-state index in [9.17, 15) is 9.90 Å². The summed E-state index contributed by atoms with van der Waals surface area (Å²) in [5.41, 5.74) is 0.715. The number of carbonyl (C=O) groups excluding carboxylic acids is 1. The minimum absolute atomic E-state index is 0.102. The van der Waals surface area contributed by atoms with E-state index in [0.29, 0.717) is 18.0 Å². The highest BCUT2D eigenvalue weighted by atomic mass is 16.5. The number of para-hydroxylation sites is 1. The number of hydrogen-bond donors (Lipinski definition) is 2. The highest BCUT2D eigenvalue weighted by Gasteiger charge is 2.20. The summed E-state index contributed by atoms with van der Waals surface area (Å²) in [6.45, 7) is 2.66. The summed E-state index contributed by atoms with van der Waals surface area (Å²) in [6, 6.07) is 7.00. The number of nitrogens with one attached hydrogen (secondary N) is 1. The van der Waals surface area contributed by atoms with Crippen molar-refractivity contribution in [2.45, 2.75) is 45.3 Å². The summed E-state index contributed by atoms with van der Waals surface area (Å²) >= 11 is 0. The molecule has 4 heteroatoms. The molecule has 0 aromatic heterocycles. The van der Waals surface area contributed by atoms with E-state index in [2.05, 4.69) is 12.2 Å². The van der Waals surface area contributed by atoms with Crippen LogP contribution in [0, 0.1) is 5.92 Å². The molecule has 1 aromatic rings. The molecular formula is C16H23NO3. The maximum absolute atomic E-state index is 11.7. The lowest BCUT2D eigenvalue weighted by molar-refractivity contribution is -0.128. The van der Waals surface area contributed by atoms with Gasteiger partial charge in [0.25, 0.3) is 0 Å². The number of ether oxygens (including phenoxy) is 1. The maximum atomic E-state index is 11.7. The minimum Gasteiger partial charge on any atom is -0.508 e. The Kier molecular flexibility index (Phi) is 5.41. The second-order valence-corrected chi connectivity index (χ2v) is 5.61. The molecule has 0 aliphatic heterocycles. The fraction of sp³-hybridized carbons (Fsp3) is 0.562. The highest BCUT2D eigenvalue weighted by molar-refractivity contribution is 5.77. The van der Waals surface area contributed by atoms with E-state index in [4.69, 9.17) is 4.74 Å². The Labute approximate surface area is 120 Å². The molecule has 1 aliphatic carbocycles. The van der Waals surface area contributed by atoms with E-state index in [1.54, 1.807) is 18.2 Å². The third-order valence-electron chi connectivity index (χ3n) is 3.81. The van der Waals surface area contributed by atoms with Crippen molar-refractivity contribution < 1.29 is 14.6 Å². The standard InChI is InChI=1S/C16H23NO3/c1-12-5-4-7-14(9-12)20-11-16(19)17-10-13-6-2-3-8-15(13)18/h2-3,6,8,12,14,18H,4-5,7,9-11H2,1H3,(H,17,19)/t12-,14+/m0/s1. The molecule has 110 valence electrons. The van der Waals surface area contributed by atoms with Crippen molar-refractivity contribution in [3.05, 3.63) is 29.8 Å². The predicted molar refractivity (Wildman–Crippen MR) is 77.3 cm³/mol. The molecule has 0 bridgehead atoms. The maximum Gasteiger partial charge on any atom is 0.246 e. The van der Waals surface area contributed by atoms with Crippen molar-refractivity contribution in [1.82, 2.24) is 5.32 Å². The van der Waals surface area contributed by atoms with Gasteiger partial charge in [-0.1, -0.05) is 38.0 Å². The van der Waals surface area contributed by atoms with E-state index in [1.807, 2.05) is 6.07 Å². The van der Waals surface area contributed by atoms with Gasteiger partial charge in [0.15, 0.2) is 0 Å². The van der Waals surface area contributed by atoms with Crippen LogP contribution in [0.2, 0.25) is 0 Å². The largest absolute Gasteiger partial charge is 0.508 e. The first kappa shape index (κ1) is 14.9. The Hall–Kier alpha value is -1.55. The molecule has 0 radical (unpaired) electrons. The third kappa shape index (κ3) is 4.53. The van der Waals surface area contributed by atoms with Gasteiger partial charge in [-0.2, -0.15) is 0 Å². The molecule has 0 heterocycles. The Balaban J connectivity index is 1.69. The zero-order chi connectivity index (χ0) is 14.4. The third-order valence-corrected chi connectivity index (χ3v) is 3.81. The Morgan fingerprint density at radius 3 is 2.95 bits per heavy atom. The average Bonchev–Trinajstić information content (AvgIpc) is 2.44. The van der Waals surface area contributed by atoms with E-state index < -0.39 is 0 Å². The quantitative estimate of drug-likeness (QED) is 0.869. The van der Waals surface area contributed by atoms with Crippen LogP contribution in [0.3, 0.4) is 0 Å². The van der Waals surface area contributed by atoms with Crippen molar-refractivity contribution >= 4 is 5.91 Å².